The van der Waals surface area contributed by atoms with Crippen LogP contribution in [0.1, 0.15) is 12.5 Å². The molecule has 12 heteroatoms. The molecule has 0 fully saturated rings. The second-order valence-corrected chi connectivity index (χ2v) is 11.0. The number of carbonyl (C=O) groups excluding carboxylic acids is 1. The molecule has 216 valence electrons. The molecule has 0 atom stereocenters. The zero-order valence-electron chi connectivity index (χ0n) is 22.8. The van der Waals surface area contributed by atoms with E-state index in [1.54, 1.807) is 25.3 Å². The van der Waals surface area contributed by atoms with Gasteiger partial charge in [0.05, 0.1) is 22.9 Å². The van der Waals surface area contributed by atoms with Gasteiger partial charge in [0.15, 0.2) is 17.3 Å². The highest BCUT2D eigenvalue weighted by Gasteiger charge is 2.36. The topological polar surface area (TPSA) is 115 Å². The molecule has 3 aromatic carbocycles. The number of nitrogens with zero attached hydrogens (tertiary/aromatic N) is 3. The van der Waals surface area contributed by atoms with Crippen LogP contribution >= 0.6 is 34.4 Å². The van der Waals surface area contributed by atoms with Gasteiger partial charge in [-0.25, -0.2) is 0 Å². The number of benzene rings is 3. The van der Waals surface area contributed by atoms with E-state index in [-0.39, 0.29) is 24.6 Å². The molecule has 2 heterocycles. The third-order valence-corrected chi connectivity index (χ3v) is 7.57. The molecular formula is C30H27IN4O6S. The van der Waals surface area contributed by atoms with E-state index in [1.165, 1.54) is 16.8 Å². The quantitative estimate of drug-likeness (QED) is 0.142. The Morgan fingerprint density at radius 1 is 0.952 bits per heavy atom. The number of ether oxygens (including phenoxy) is 5. The van der Waals surface area contributed by atoms with Crippen molar-refractivity contribution in [2.45, 2.75) is 6.92 Å². The molecule has 0 radical (unpaired) electrons. The fraction of sp³-hybridized carbons (Fsp3) is 0.200. The number of nitrogens with one attached hydrogen (secondary N) is 1. The van der Waals surface area contributed by atoms with Crippen molar-refractivity contribution in [3.63, 3.8) is 0 Å². The summed E-state index contributed by atoms with van der Waals surface area (Å²) in [4.78, 5) is 17.1. The average molecular weight is 699 g/mol. The lowest BCUT2D eigenvalue weighted by molar-refractivity contribution is -0.114. The van der Waals surface area contributed by atoms with Gasteiger partial charge in [0.25, 0.3) is 5.91 Å². The Balaban J connectivity index is 1.28. The first-order chi connectivity index (χ1) is 20.4. The number of fused-ring (bicyclic) bond motifs is 1. The Morgan fingerprint density at radius 3 is 2.50 bits per heavy atom. The molecule has 0 bridgehead atoms. The molecule has 0 saturated carbocycles. The largest absolute Gasteiger partial charge is 0.497 e. The summed E-state index contributed by atoms with van der Waals surface area (Å²) in [6.45, 7) is 3.11. The van der Waals surface area contributed by atoms with Crippen molar-refractivity contribution in [2.24, 2.45) is 10.1 Å². The van der Waals surface area contributed by atoms with E-state index in [9.17, 15) is 4.79 Å². The fourth-order valence-electron chi connectivity index (χ4n) is 3.99. The maximum Gasteiger partial charge on any atom is 0.283 e. The first-order valence-electron chi connectivity index (χ1n) is 13.0. The van der Waals surface area contributed by atoms with E-state index in [0.717, 1.165) is 3.57 Å². The van der Waals surface area contributed by atoms with E-state index in [1.807, 2.05) is 61.5 Å². The normalized spacial score (nSPS) is 15.2. The van der Waals surface area contributed by atoms with E-state index in [2.05, 4.69) is 32.7 Å². The van der Waals surface area contributed by atoms with Gasteiger partial charge >= 0.3 is 0 Å². The second kappa shape index (κ2) is 13.7. The van der Waals surface area contributed by atoms with Crippen LogP contribution in [0.5, 0.6) is 28.7 Å². The second-order valence-electron chi connectivity index (χ2n) is 8.75. The summed E-state index contributed by atoms with van der Waals surface area (Å²) in [5.74, 6) is 2.62. The third kappa shape index (κ3) is 7.05. The lowest BCUT2D eigenvalue weighted by atomic mass is 10.1. The molecule has 0 saturated heterocycles. The lowest BCUT2D eigenvalue weighted by Gasteiger charge is -2.20. The smallest absolute Gasteiger partial charge is 0.283 e. The van der Waals surface area contributed by atoms with Crippen molar-refractivity contribution in [1.29, 1.82) is 5.41 Å². The summed E-state index contributed by atoms with van der Waals surface area (Å²) in [5.41, 5.74) is 0.782. The number of hydrogen-bond acceptors (Lipinski definition) is 9. The molecule has 2 aliphatic rings. The van der Waals surface area contributed by atoms with Gasteiger partial charge in [0.1, 0.15) is 42.1 Å². The first kappa shape index (κ1) is 29.5. The van der Waals surface area contributed by atoms with Crippen molar-refractivity contribution < 1.29 is 28.5 Å². The fourth-order valence-corrected chi connectivity index (χ4v) is 5.57. The zero-order chi connectivity index (χ0) is 29.5. The van der Waals surface area contributed by atoms with E-state index in [0.29, 0.717) is 57.7 Å². The molecule has 2 aliphatic heterocycles. The maximum atomic E-state index is 12.9. The molecule has 3 aromatic rings. The number of para-hydroxylation sites is 1. The highest BCUT2D eigenvalue weighted by atomic mass is 127. The molecule has 0 aromatic heterocycles. The summed E-state index contributed by atoms with van der Waals surface area (Å²) in [7, 11) is 1.61. The molecule has 0 unspecified atom stereocenters. The standard InChI is InChI=1S/C30H27IN4O6S/c1-3-38-25-16-19(15-24(31)27(25)40-13-12-39-22-11-7-10-21(17-22)37-2)14-23-28(32)35-30(33-29(23)36)42-26(34-35)18-41-20-8-5-4-6-9-20/h4-11,14-17,32H,3,12-13,18H2,1-2H3/b23-14-,32-28?. The van der Waals surface area contributed by atoms with Gasteiger partial charge < -0.3 is 23.7 Å². The monoisotopic (exact) mass is 698 g/mol. The minimum absolute atomic E-state index is 0.0600. The average Bonchev–Trinajstić information content (AvgIpc) is 3.41. The van der Waals surface area contributed by atoms with Gasteiger partial charge in [-0.05, 0) is 89.3 Å². The summed E-state index contributed by atoms with van der Waals surface area (Å²) < 4.78 is 29.4. The van der Waals surface area contributed by atoms with Crippen LogP contribution in [0.15, 0.2) is 82.4 Å². The van der Waals surface area contributed by atoms with Crippen LogP contribution in [0, 0.1) is 8.98 Å². The van der Waals surface area contributed by atoms with Crippen LogP contribution in [0.4, 0.5) is 0 Å². The van der Waals surface area contributed by atoms with Crippen LogP contribution in [-0.2, 0) is 4.79 Å². The summed E-state index contributed by atoms with van der Waals surface area (Å²) in [6.07, 6.45) is 1.62. The summed E-state index contributed by atoms with van der Waals surface area (Å²) in [5, 5.41) is 15.4. The number of aliphatic imine (C=N–C) groups is 1. The van der Waals surface area contributed by atoms with Crippen LogP contribution in [0.25, 0.3) is 6.08 Å². The molecule has 10 nitrogen and oxygen atoms in total. The van der Waals surface area contributed by atoms with Gasteiger partial charge in [-0.15, -0.1) is 0 Å². The van der Waals surface area contributed by atoms with Gasteiger partial charge in [0, 0.05) is 6.07 Å². The van der Waals surface area contributed by atoms with Gasteiger partial charge in [-0.1, -0.05) is 24.3 Å². The van der Waals surface area contributed by atoms with E-state index < -0.39 is 5.91 Å². The molecule has 5 rings (SSSR count). The number of halogens is 1. The highest BCUT2D eigenvalue weighted by Crippen LogP contribution is 2.36. The Labute approximate surface area is 261 Å². The van der Waals surface area contributed by atoms with Crippen molar-refractivity contribution >= 4 is 62.4 Å². The number of carbonyl (C=O) groups is 1. The van der Waals surface area contributed by atoms with Crippen LogP contribution < -0.4 is 23.7 Å². The SMILES string of the molecule is CCOc1cc(/C=C2/C(=N)N3N=C(COc4ccccc4)SC3=NC2=O)cc(I)c1OCCOc1cccc(OC)c1. The van der Waals surface area contributed by atoms with Crippen molar-refractivity contribution in [2.75, 3.05) is 33.5 Å². The Morgan fingerprint density at radius 2 is 1.71 bits per heavy atom. The summed E-state index contributed by atoms with van der Waals surface area (Å²) >= 11 is 3.37. The number of methoxy groups -OCH3 is 1. The number of hydrazone groups is 1. The van der Waals surface area contributed by atoms with Crippen LogP contribution in [0.3, 0.4) is 0 Å². The van der Waals surface area contributed by atoms with Crippen LogP contribution in [-0.4, -0.2) is 60.5 Å². The van der Waals surface area contributed by atoms with Gasteiger partial charge in [-0.2, -0.15) is 15.1 Å². The Kier molecular flexibility index (Phi) is 9.64. The minimum atomic E-state index is -0.512. The molecular weight excluding hydrogens is 671 g/mol. The van der Waals surface area contributed by atoms with E-state index in [4.69, 9.17) is 29.1 Å². The molecule has 0 aliphatic carbocycles. The van der Waals surface area contributed by atoms with Crippen molar-refractivity contribution in [3.05, 3.63) is 81.4 Å². The van der Waals surface area contributed by atoms with Gasteiger partial charge in [0.2, 0.25) is 5.17 Å². The number of thioether (sulfide) groups is 1. The maximum absolute atomic E-state index is 12.9. The number of rotatable bonds is 12. The predicted octanol–water partition coefficient (Wildman–Crippen LogP) is 5.85. The van der Waals surface area contributed by atoms with Crippen molar-refractivity contribution in [3.8, 4) is 28.7 Å². The highest BCUT2D eigenvalue weighted by molar-refractivity contribution is 14.1. The number of amides is 1. The number of amidine groups is 2. The van der Waals surface area contributed by atoms with E-state index >= 15 is 0 Å². The molecule has 1 amide bonds. The van der Waals surface area contributed by atoms with Gasteiger partial charge in [-0.3, -0.25) is 10.2 Å². The molecule has 0 spiro atoms. The molecule has 42 heavy (non-hydrogen) atoms. The number of hydrogen-bond donors (Lipinski definition) is 1. The molecule has 1 N–H and O–H groups in total. The Hall–Kier alpha value is -4.04. The minimum Gasteiger partial charge on any atom is -0.497 e. The lowest BCUT2D eigenvalue weighted by Crippen LogP contribution is -2.35. The summed E-state index contributed by atoms with van der Waals surface area (Å²) in [6, 6.07) is 20.4. The zero-order valence-corrected chi connectivity index (χ0v) is 25.8. The first-order valence-corrected chi connectivity index (χ1v) is 14.9. The van der Waals surface area contributed by atoms with Crippen molar-refractivity contribution in [1.82, 2.24) is 5.01 Å². The third-order valence-electron chi connectivity index (χ3n) is 5.88. The predicted molar refractivity (Wildman–Crippen MR) is 171 cm³/mol. The Bertz CT molecular complexity index is 1580. The van der Waals surface area contributed by atoms with Crippen LogP contribution in [0.2, 0.25) is 0 Å².